The molecule has 2 aromatic rings. The number of nitrogens with zero attached hydrogens (tertiary/aromatic N) is 1. The van der Waals surface area contributed by atoms with Crippen LogP contribution in [0.3, 0.4) is 0 Å². The van der Waals surface area contributed by atoms with Crippen LogP contribution in [-0.4, -0.2) is 33.9 Å². The average molecular weight is 419 g/mol. The minimum Gasteiger partial charge on any atom is -0.454 e. The number of sulfonamides is 1. The fourth-order valence-corrected chi connectivity index (χ4v) is 4.05. The molecule has 0 fully saturated rings. The summed E-state index contributed by atoms with van der Waals surface area (Å²) in [5.41, 5.74) is 3.66. The molecule has 2 aromatic carbocycles. The Morgan fingerprint density at radius 2 is 1.83 bits per heavy atom. The van der Waals surface area contributed by atoms with Crippen molar-refractivity contribution in [2.45, 2.75) is 33.2 Å². The minimum atomic E-state index is -3.43. The molecule has 8 heteroatoms. The third-order valence-corrected chi connectivity index (χ3v) is 6.06. The van der Waals surface area contributed by atoms with Crippen LogP contribution in [0.5, 0.6) is 11.5 Å². The summed E-state index contributed by atoms with van der Waals surface area (Å²) in [6, 6.07) is 11.1. The molecular formula is C21H26N2O5S. The number of fused-ring (bicyclic) bond motifs is 1. The van der Waals surface area contributed by atoms with Crippen molar-refractivity contribution in [2.75, 3.05) is 23.9 Å². The van der Waals surface area contributed by atoms with Crippen LogP contribution < -0.4 is 19.1 Å². The number of carbonyl (C=O) groups is 1. The maximum absolute atomic E-state index is 12.2. The Bertz CT molecular complexity index is 1000. The quantitative estimate of drug-likeness (QED) is 0.713. The summed E-state index contributed by atoms with van der Waals surface area (Å²) in [5, 5.41) is 2.86. The highest BCUT2D eigenvalue weighted by atomic mass is 32.2. The van der Waals surface area contributed by atoms with Gasteiger partial charge in [0, 0.05) is 19.5 Å². The first-order valence-electron chi connectivity index (χ1n) is 9.44. The fourth-order valence-electron chi connectivity index (χ4n) is 3.09. The van der Waals surface area contributed by atoms with E-state index in [1.54, 1.807) is 6.07 Å². The molecule has 1 aliphatic rings. The van der Waals surface area contributed by atoms with Gasteiger partial charge in [-0.2, -0.15) is 0 Å². The summed E-state index contributed by atoms with van der Waals surface area (Å²) in [6.45, 7) is 4.76. The lowest BCUT2D eigenvalue weighted by atomic mass is 10.1. The highest BCUT2D eigenvalue weighted by Crippen LogP contribution is 2.32. The van der Waals surface area contributed by atoms with Crippen molar-refractivity contribution in [1.29, 1.82) is 0 Å². The van der Waals surface area contributed by atoms with Crippen molar-refractivity contribution in [1.82, 2.24) is 5.32 Å². The number of aryl methyl sites for hydroxylation is 2. The number of ether oxygens (including phenoxy) is 2. The summed E-state index contributed by atoms with van der Waals surface area (Å²) >= 11 is 0. The number of benzene rings is 2. The van der Waals surface area contributed by atoms with Crippen LogP contribution in [0.2, 0.25) is 0 Å². The standard InChI is InChI=1S/C21H26N2O5S/c1-15-6-8-18(11-16(15)2)23(29(3,25)26)10-4-5-21(24)22-13-17-7-9-19-20(12-17)28-14-27-19/h6-9,11-12H,4-5,10,13-14H2,1-3H3,(H,22,24). The predicted octanol–water partition coefficient (Wildman–Crippen LogP) is 2.89. The maximum atomic E-state index is 12.2. The first kappa shape index (κ1) is 21.0. The molecule has 0 aromatic heterocycles. The van der Waals surface area contributed by atoms with Gasteiger partial charge in [-0.25, -0.2) is 8.42 Å². The Kier molecular flexibility index (Phi) is 6.32. The number of hydrogen-bond acceptors (Lipinski definition) is 5. The lowest BCUT2D eigenvalue weighted by Crippen LogP contribution is -2.32. The van der Waals surface area contributed by atoms with E-state index in [9.17, 15) is 13.2 Å². The van der Waals surface area contributed by atoms with Gasteiger partial charge < -0.3 is 14.8 Å². The van der Waals surface area contributed by atoms with E-state index in [1.165, 1.54) is 10.6 Å². The van der Waals surface area contributed by atoms with Gasteiger partial charge in [0.2, 0.25) is 22.7 Å². The molecule has 3 rings (SSSR count). The summed E-state index contributed by atoms with van der Waals surface area (Å²) in [5.74, 6) is 1.25. The smallest absolute Gasteiger partial charge is 0.232 e. The molecule has 0 saturated carbocycles. The molecule has 7 nitrogen and oxygen atoms in total. The zero-order valence-corrected chi connectivity index (χ0v) is 17.7. The molecular weight excluding hydrogens is 392 g/mol. The minimum absolute atomic E-state index is 0.129. The molecule has 29 heavy (non-hydrogen) atoms. The average Bonchev–Trinajstić information content (AvgIpc) is 3.13. The lowest BCUT2D eigenvalue weighted by Gasteiger charge is -2.23. The molecule has 0 spiro atoms. The maximum Gasteiger partial charge on any atom is 0.232 e. The predicted molar refractivity (Wildman–Crippen MR) is 112 cm³/mol. The van der Waals surface area contributed by atoms with E-state index >= 15 is 0 Å². The van der Waals surface area contributed by atoms with Gasteiger partial charge in [0.1, 0.15) is 0 Å². The van der Waals surface area contributed by atoms with Crippen LogP contribution in [0.15, 0.2) is 36.4 Å². The van der Waals surface area contributed by atoms with Gasteiger partial charge in [0.05, 0.1) is 11.9 Å². The highest BCUT2D eigenvalue weighted by molar-refractivity contribution is 7.92. The number of amides is 1. The Morgan fingerprint density at radius 3 is 2.55 bits per heavy atom. The van der Waals surface area contributed by atoms with E-state index in [0.29, 0.717) is 30.2 Å². The van der Waals surface area contributed by atoms with Gasteiger partial charge >= 0.3 is 0 Å². The zero-order valence-electron chi connectivity index (χ0n) is 16.9. The molecule has 1 N–H and O–H groups in total. The highest BCUT2D eigenvalue weighted by Gasteiger charge is 2.18. The van der Waals surface area contributed by atoms with Crippen molar-refractivity contribution in [3.05, 3.63) is 53.1 Å². The van der Waals surface area contributed by atoms with Crippen molar-refractivity contribution in [3.8, 4) is 11.5 Å². The number of hydrogen-bond donors (Lipinski definition) is 1. The Morgan fingerprint density at radius 1 is 1.07 bits per heavy atom. The second-order valence-corrected chi connectivity index (χ2v) is 9.08. The largest absolute Gasteiger partial charge is 0.454 e. The number of carbonyl (C=O) groups excluding carboxylic acids is 1. The Balaban J connectivity index is 1.52. The zero-order chi connectivity index (χ0) is 21.0. The number of anilines is 1. The Hall–Kier alpha value is -2.74. The third-order valence-electron chi connectivity index (χ3n) is 4.87. The van der Waals surface area contributed by atoms with Crippen LogP contribution in [0, 0.1) is 13.8 Å². The summed E-state index contributed by atoms with van der Waals surface area (Å²) in [6.07, 6.45) is 1.84. The normalized spacial score (nSPS) is 12.7. The van der Waals surface area contributed by atoms with Crippen LogP contribution in [0.1, 0.15) is 29.5 Å². The molecule has 1 heterocycles. The van der Waals surface area contributed by atoms with Gasteiger partial charge in [0.25, 0.3) is 0 Å². The number of nitrogens with one attached hydrogen (secondary N) is 1. The first-order chi connectivity index (χ1) is 13.7. The molecule has 0 radical (unpaired) electrons. The van der Waals surface area contributed by atoms with Crippen molar-refractivity contribution in [3.63, 3.8) is 0 Å². The van der Waals surface area contributed by atoms with Crippen LogP contribution >= 0.6 is 0 Å². The topological polar surface area (TPSA) is 84.9 Å². The molecule has 0 saturated heterocycles. The van der Waals surface area contributed by atoms with Gasteiger partial charge in [0.15, 0.2) is 11.5 Å². The van der Waals surface area contributed by atoms with Crippen LogP contribution in [-0.2, 0) is 21.4 Å². The number of rotatable bonds is 8. The summed E-state index contributed by atoms with van der Waals surface area (Å²) < 4.78 is 36.4. The molecule has 0 bridgehead atoms. The lowest BCUT2D eigenvalue weighted by molar-refractivity contribution is -0.121. The first-order valence-corrected chi connectivity index (χ1v) is 11.3. The van der Waals surface area contributed by atoms with Gasteiger partial charge in [-0.05, 0) is 61.2 Å². The molecule has 0 unspecified atom stereocenters. The van der Waals surface area contributed by atoms with Gasteiger partial charge in [-0.15, -0.1) is 0 Å². The Labute approximate surface area is 171 Å². The molecule has 0 aliphatic carbocycles. The van der Waals surface area contributed by atoms with E-state index in [4.69, 9.17) is 9.47 Å². The summed E-state index contributed by atoms with van der Waals surface area (Å²) in [7, 11) is -3.43. The second-order valence-electron chi connectivity index (χ2n) is 7.17. The fraction of sp³-hybridized carbons (Fsp3) is 0.381. The van der Waals surface area contributed by atoms with Gasteiger partial charge in [-0.3, -0.25) is 9.10 Å². The second kappa shape index (κ2) is 8.73. The van der Waals surface area contributed by atoms with Crippen LogP contribution in [0.4, 0.5) is 5.69 Å². The van der Waals surface area contributed by atoms with Crippen LogP contribution in [0.25, 0.3) is 0 Å². The molecule has 156 valence electrons. The monoisotopic (exact) mass is 418 g/mol. The third kappa shape index (κ3) is 5.41. The van der Waals surface area contributed by atoms with E-state index < -0.39 is 10.0 Å². The van der Waals surface area contributed by atoms with Crippen molar-refractivity contribution < 1.29 is 22.7 Å². The van der Waals surface area contributed by atoms with E-state index in [-0.39, 0.29) is 25.7 Å². The van der Waals surface area contributed by atoms with E-state index in [2.05, 4.69) is 5.32 Å². The SMILES string of the molecule is Cc1ccc(N(CCCC(=O)NCc2ccc3c(c2)OCO3)S(C)(=O)=O)cc1C. The van der Waals surface area contributed by atoms with Crippen molar-refractivity contribution in [2.24, 2.45) is 0 Å². The summed E-state index contributed by atoms with van der Waals surface area (Å²) in [4.78, 5) is 12.2. The van der Waals surface area contributed by atoms with Crippen molar-refractivity contribution >= 4 is 21.6 Å². The molecule has 0 atom stereocenters. The van der Waals surface area contributed by atoms with E-state index in [0.717, 1.165) is 16.7 Å². The van der Waals surface area contributed by atoms with Gasteiger partial charge in [-0.1, -0.05) is 12.1 Å². The molecule has 1 amide bonds. The van der Waals surface area contributed by atoms with E-state index in [1.807, 2.05) is 44.2 Å². The molecule has 1 aliphatic heterocycles.